The molecule has 0 saturated carbocycles. The second kappa shape index (κ2) is 6.46. The minimum atomic E-state index is 0.0157. The largest absolute Gasteiger partial charge is 0.390 e. The van der Waals surface area contributed by atoms with Crippen LogP contribution >= 0.6 is 23.4 Å². The van der Waals surface area contributed by atoms with Crippen LogP contribution in [0.1, 0.15) is 29.9 Å². The Bertz CT molecular complexity index is 539. The van der Waals surface area contributed by atoms with Crippen molar-refractivity contribution < 1.29 is 5.11 Å². The second-order valence-electron chi connectivity index (χ2n) is 4.32. The number of imidazole rings is 1. The highest BCUT2D eigenvalue weighted by Crippen LogP contribution is 2.37. The number of nitrogens with zero attached hydrogens (tertiary/aromatic N) is 2. The summed E-state index contributed by atoms with van der Waals surface area (Å²) >= 11 is 7.62. The molecule has 1 aromatic carbocycles. The molecule has 3 nitrogen and oxygen atoms in total. The number of aromatic nitrogens is 2. The first-order chi connectivity index (χ1) is 9.15. The summed E-state index contributed by atoms with van der Waals surface area (Å²) in [5, 5.41) is 11.2. The van der Waals surface area contributed by atoms with Crippen LogP contribution in [-0.4, -0.2) is 14.7 Å². The Morgan fingerprint density at radius 3 is 2.58 bits per heavy atom. The van der Waals surface area contributed by atoms with Crippen molar-refractivity contribution in [2.45, 2.75) is 30.4 Å². The first-order valence-corrected chi connectivity index (χ1v) is 7.45. The first-order valence-electron chi connectivity index (χ1n) is 6.19. The highest BCUT2D eigenvalue weighted by molar-refractivity contribution is 7.99. The van der Waals surface area contributed by atoms with Crippen LogP contribution in [0.3, 0.4) is 0 Å². The molecule has 0 bridgehead atoms. The molecule has 1 N–H and O–H groups in total. The molecule has 2 rings (SSSR count). The molecule has 1 atom stereocenters. The topological polar surface area (TPSA) is 38.1 Å². The molecule has 0 fully saturated rings. The minimum Gasteiger partial charge on any atom is -0.390 e. The van der Waals surface area contributed by atoms with Gasteiger partial charge in [-0.3, -0.25) is 0 Å². The number of hydrogen-bond acceptors (Lipinski definition) is 3. The average molecular weight is 297 g/mol. The van der Waals surface area contributed by atoms with Crippen LogP contribution < -0.4 is 0 Å². The lowest BCUT2D eigenvalue weighted by molar-refractivity contribution is 0.271. The average Bonchev–Trinajstić information content (AvgIpc) is 2.78. The van der Waals surface area contributed by atoms with Crippen LogP contribution in [0.5, 0.6) is 0 Å². The number of thioether (sulfide) groups is 1. The summed E-state index contributed by atoms with van der Waals surface area (Å²) in [4.78, 5) is 4.36. The van der Waals surface area contributed by atoms with Gasteiger partial charge in [-0.05, 0) is 24.1 Å². The molecule has 0 aliphatic rings. The third-order valence-electron chi connectivity index (χ3n) is 3.06. The van der Waals surface area contributed by atoms with E-state index >= 15 is 0 Å². The van der Waals surface area contributed by atoms with Crippen molar-refractivity contribution in [3.05, 3.63) is 46.7 Å². The zero-order chi connectivity index (χ0) is 13.8. The predicted octanol–water partition coefficient (Wildman–Crippen LogP) is 3.81. The van der Waals surface area contributed by atoms with E-state index in [0.29, 0.717) is 5.25 Å². The van der Waals surface area contributed by atoms with Gasteiger partial charge < -0.3 is 9.67 Å². The molecule has 0 saturated heterocycles. The van der Waals surface area contributed by atoms with Gasteiger partial charge in [0.2, 0.25) is 0 Å². The van der Waals surface area contributed by atoms with E-state index in [1.807, 2.05) is 23.7 Å². The summed E-state index contributed by atoms with van der Waals surface area (Å²) in [5.74, 6) is 0. The van der Waals surface area contributed by atoms with Crippen molar-refractivity contribution in [1.82, 2.24) is 9.55 Å². The smallest absolute Gasteiger partial charge is 0.168 e. The van der Waals surface area contributed by atoms with Crippen molar-refractivity contribution in [3.63, 3.8) is 0 Å². The van der Waals surface area contributed by atoms with Crippen LogP contribution in [0.25, 0.3) is 0 Å². The minimum absolute atomic E-state index is 0.0157. The number of aliphatic hydroxyl groups is 1. The molecule has 0 aliphatic heterocycles. The molecular weight excluding hydrogens is 280 g/mol. The van der Waals surface area contributed by atoms with Crippen molar-refractivity contribution in [3.8, 4) is 0 Å². The van der Waals surface area contributed by atoms with Crippen LogP contribution in [0.2, 0.25) is 5.02 Å². The Morgan fingerprint density at radius 2 is 2.05 bits per heavy atom. The summed E-state index contributed by atoms with van der Waals surface area (Å²) in [7, 11) is 1.93. The van der Waals surface area contributed by atoms with E-state index in [0.717, 1.165) is 22.3 Å². The van der Waals surface area contributed by atoms with Crippen molar-refractivity contribution in [2.24, 2.45) is 7.05 Å². The van der Waals surface area contributed by atoms with E-state index in [1.165, 1.54) is 5.56 Å². The van der Waals surface area contributed by atoms with Crippen LogP contribution in [0, 0.1) is 0 Å². The molecule has 102 valence electrons. The van der Waals surface area contributed by atoms with Gasteiger partial charge in [-0.1, -0.05) is 42.4 Å². The van der Waals surface area contributed by atoms with E-state index in [-0.39, 0.29) is 6.61 Å². The fraction of sp³-hybridized carbons (Fsp3) is 0.357. The highest BCUT2D eigenvalue weighted by atomic mass is 35.5. The summed E-state index contributed by atoms with van der Waals surface area (Å²) < 4.78 is 1.93. The van der Waals surface area contributed by atoms with Gasteiger partial charge in [0.1, 0.15) is 0 Å². The molecule has 0 amide bonds. The summed E-state index contributed by atoms with van der Waals surface area (Å²) in [5.41, 5.74) is 2.07. The van der Waals surface area contributed by atoms with Gasteiger partial charge in [0, 0.05) is 17.3 Å². The zero-order valence-corrected chi connectivity index (χ0v) is 12.6. The first kappa shape index (κ1) is 14.4. The molecule has 19 heavy (non-hydrogen) atoms. The van der Waals surface area contributed by atoms with Crippen LogP contribution in [0.15, 0.2) is 35.6 Å². The molecule has 0 aliphatic carbocycles. The standard InChI is InChI=1S/C14H17ClN2OS/c1-3-13(10-4-6-11(15)7-5-10)19-14-16-8-12(9-18)17(14)2/h4-8,13,18H,3,9H2,1-2H3. The zero-order valence-electron chi connectivity index (χ0n) is 11.0. The maximum absolute atomic E-state index is 9.19. The Hall–Kier alpha value is -0.970. The normalized spacial score (nSPS) is 12.6. The quantitative estimate of drug-likeness (QED) is 0.853. The third-order valence-corrected chi connectivity index (χ3v) is 4.80. The molecular formula is C14H17ClN2OS. The van der Waals surface area contributed by atoms with Gasteiger partial charge in [0.25, 0.3) is 0 Å². The summed E-state index contributed by atoms with van der Waals surface area (Å²) in [6.07, 6.45) is 2.73. The number of rotatable bonds is 5. The lowest BCUT2D eigenvalue weighted by Crippen LogP contribution is -2.00. The fourth-order valence-corrected chi connectivity index (χ4v) is 3.10. The van der Waals surface area contributed by atoms with Gasteiger partial charge in [0.05, 0.1) is 18.5 Å². The maximum Gasteiger partial charge on any atom is 0.168 e. The van der Waals surface area contributed by atoms with Gasteiger partial charge >= 0.3 is 0 Å². The maximum atomic E-state index is 9.19. The fourth-order valence-electron chi connectivity index (χ4n) is 1.87. The van der Waals surface area contributed by atoms with Crippen molar-refractivity contribution in [1.29, 1.82) is 0 Å². The number of aliphatic hydroxyl groups excluding tert-OH is 1. The Kier molecular flexibility index (Phi) is 4.91. The molecule has 0 radical (unpaired) electrons. The molecule has 2 aromatic rings. The van der Waals surface area contributed by atoms with Crippen molar-refractivity contribution >= 4 is 23.4 Å². The Morgan fingerprint density at radius 1 is 1.37 bits per heavy atom. The van der Waals surface area contributed by atoms with E-state index in [4.69, 9.17) is 11.6 Å². The summed E-state index contributed by atoms with van der Waals surface area (Å²) in [6, 6.07) is 7.94. The van der Waals surface area contributed by atoms with Gasteiger partial charge in [0.15, 0.2) is 5.16 Å². The van der Waals surface area contributed by atoms with Crippen LogP contribution in [0.4, 0.5) is 0 Å². The van der Waals surface area contributed by atoms with E-state index < -0.39 is 0 Å². The van der Waals surface area contributed by atoms with Crippen molar-refractivity contribution in [2.75, 3.05) is 0 Å². The van der Waals surface area contributed by atoms with E-state index in [9.17, 15) is 5.11 Å². The van der Waals surface area contributed by atoms with Crippen LogP contribution in [-0.2, 0) is 13.7 Å². The number of benzene rings is 1. The lowest BCUT2D eigenvalue weighted by atomic mass is 10.1. The number of halogens is 1. The predicted molar refractivity (Wildman–Crippen MR) is 79.5 cm³/mol. The molecule has 0 spiro atoms. The third kappa shape index (κ3) is 3.32. The second-order valence-corrected chi connectivity index (χ2v) is 5.92. The molecule has 1 aromatic heterocycles. The Labute approximate surface area is 122 Å². The summed E-state index contributed by atoms with van der Waals surface area (Å²) in [6.45, 7) is 2.17. The van der Waals surface area contributed by atoms with Gasteiger partial charge in [-0.2, -0.15) is 0 Å². The lowest BCUT2D eigenvalue weighted by Gasteiger charge is -2.15. The van der Waals surface area contributed by atoms with Gasteiger partial charge in [-0.25, -0.2) is 4.98 Å². The molecule has 1 unspecified atom stereocenters. The number of hydrogen-bond donors (Lipinski definition) is 1. The Balaban J connectivity index is 2.19. The van der Waals surface area contributed by atoms with E-state index in [1.54, 1.807) is 18.0 Å². The molecule has 1 heterocycles. The monoisotopic (exact) mass is 296 g/mol. The molecule has 5 heteroatoms. The van der Waals surface area contributed by atoms with E-state index in [2.05, 4.69) is 24.0 Å². The highest BCUT2D eigenvalue weighted by Gasteiger charge is 2.15. The van der Waals surface area contributed by atoms with Gasteiger partial charge in [-0.15, -0.1) is 0 Å². The SMILES string of the molecule is CCC(Sc1ncc(CO)n1C)c1ccc(Cl)cc1.